The van der Waals surface area contributed by atoms with E-state index in [4.69, 9.17) is 9.84 Å². The molecule has 6 heteroatoms. The van der Waals surface area contributed by atoms with Crippen LogP contribution in [0.3, 0.4) is 0 Å². The summed E-state index contributed by atoms with van der Waals surface area (Å²) in [6, 6.07) is -0.0949. The summed E-state index contributed by atoms with van der Waals surface area (Å²) in [6.45, 7) is 3.04. The standard InChI is InChI=1S/C13H22N2O4/c1-19-12(16)11-3-2-6-15(11)9-10-4-7-14(8-5-10)13(17)18/h10-11H,2-9H2,1H3,(H,17,18). The summed E-state index contributed by atoms with van der Waals surface area (Å²) < 4.78 is 4.84. The largest absolute Gasteiger partial charge is 0.468 e. The first-order valence-corrected chi connectivity index (χ1v) is 6.91. The van der Waals surface area contributed by atoms with Crippen LogP contribution in [0.5, 0.6) is 0 Å². The molecule has 0 radical (unpaired) electrons. The molecule has 0 saturated carbocycles. The maximum absolute atomic E-state index is 11.7. The summed E-state index contributed by atoms with van der Waals surface area (Å²) in [5.74, 6) is 0.348. The smallest absolute Gasteiger partial charge is 0.407 e. The molecule has 2 rings (SSSR count). The molecule has 1 atom stereocenters. The van der Waals surface area contributed by atoms with E-state index in [1.807, 2.05) is 0 Å². The van der Waals surface area contributed by atoms with Crippen molar-refractivity contribution >= 4 is 12.1 Å². The molecule has 19 heavy (non-hydrogen) atoms. The van der Waals surface area contributed by atoms with Gasteiger partial charge in [-0.25, -0.2) is 4.79 Å². The molecule has 2 aliphatic heterocycles. The molecule has 108 valence electrons. The molecule has 1 N–H and O–H groups in total. The second kappa shape index (κ2) is 6.23. The molecule has 0 spiro atoms. The molecule has 0 aromatic rings. The van der Waals surface area contributed by atoms with Crippen LogP contribution in [0.4, 0.5) is 4.79 Å². The van der Waals surface area contributed by atoms with Crippen molar-refractivity contribution < 1.29 is 19.4 Å². The molecular formula is C13H22N2O4. The first-order valence-electron chi connectivity index (χ1n) is 6.91. The van der Waals surface area contributed by atoms with Gasteiger partial charge in [-0.05, 0) is 38.1 Å². The number of hydrogen-bond acceptors (Lipinski definition) is 4. The van der Waals surface area contributed by atoms with Crippen LogP contribution >= 0.6 is 0 Å². The minimum absolute atomic E-state index is 0.0949. The number of likely N-dealkylation sites (tertiary alicyclic amines) is 2. The number of carboxylic acid groups (broad SMARTS) is 1. The van der Waals surface area contributed by atoms with E-state index in [0.29, 0.717) is 19.0 Å². The molecule has 2 aliphatic rings. The molecule has 0 aromatic heterocycles. The van der Waals surface area contributed by atoms with Crippen molar-refractivity contribution in [1.29, 1.82) is 0 Å². The molecular weight excluding hydrogens is 248 g/mol. The van der Waals surface area contributed by atoms with Crippen LogP contribution in [0.15, 0.2) is 0 Å². The van der Waals surface area contributed by atoms with E-state index in [0.717, 1.165) is 38.8 Å². The maximum atomic E-state index is 11.7. The summed E-state index contributed by atoms with van der Waals surface area (Å²) in [4.78, 5) is 26.2. The van der Waals surface area contributed by atoms with Gasteiger partial charge in [0.25, 0.3) is 0 Å². The Morgan fingerprint density at radius 1 is 1.21 bits per heavy atom. The summed E-state index contributed by atoms with van der Waals surface area (Å²) in [5.41, 5.74) is 0. The van der Waals surface area contributed by atoms with Crippen LogP contribution in [0.25, 0.3) is 0 Å². The number of esters is 1. The highest BCUT2D eigenvalue weighted by Gasteiger charge is 2.33. The molecule has 0 bridgehead atoms. The first kappa shape index (κ1) is 14.1. The lowest BCUT2D eigenvalue weighted by Gasteiger charge is -2.33. The number of carbonyl (C=O) groups excluding carboxylic acids is 1. The fourth-order valence-electron chi connectivity index (χ4n) is 3.09. The quantitative estimate of drug-likeness (QED) is 0.775. The predicted molar refractivity (Wildman–Crippen MR) is 68.9 cm³/mol. The van der Waals surface area contributed by atoms with Gasteiger partial charge in [0.2, 0.25) is 0 Å². The highest BCUT2D eigenvalue weighted by molar-refractivity contribution is 5.75. The van der Waals surface area contributed by atoms with Crippen molar-refractivity contribution in [2.24, 2.45) is 5.92 Å². The van der Waals surface area contributed by atoms with Gasteiger partial charge in [-0.3, -0.25) is 9.69 Å². The van der Waals surface area contributed by atoms with Crippen molar-refractivity contribution in [3.05, 3.63) is 0 Å². The Hall–Kier alpha value is -1.30. The normalized spacial score (nSPS) is 25.5. The highest BCUT2D eigenvalue weighted by Crippen LogP contribution is 2.24. The van der Waals surface area contributed by atoms with E-state index in [1.54, 1.807) is 0 Å². The Morgan fingerprint density at radius 3 is 2.47 bits per heavy atom. The lowest BCUT2D eigenvalue weighted by molar-refractivity contribution is -0.146. The molecule has 2 heterocycles. The summed E-state index contributed by atoms with van der Waals surface area (Å²) in [6.07, 6.45) is 2.86. The number of carbonyl (C=O) groups is 2. The number of ether oxygens (including phenoxy) is 1. The SMILES string of the molecule is COC(=O)C1CCCN1CC1CCN(C(=O)O)CC1. The van der Waals surface area contributed by atoms with Gasteiger partial charge in [0, 0.05) is 19.6 Å². The Bertz CT molecular complexity index is 340. The van der Waals surface area contributed by atoms with Crippen molar-refractivity contribution in [2.75, 3.05) is 33.3 Å². The van der Waals surface area contributed by atoms with Crippen LogP contribution < -0.4 is 0 Å². The molecule has 2 fully saturated rings. The summed E-state index contributed by atoms with van der Waals surface area (Å²) in [7, 11) is 1.43. The molecule has 2 saturated heterocycles. The van der Waals surface area contributed by atoms with Crippen molar-refractivity contribution in [3.8, 4) is 0 Å². The molecule has 0 aliphatic carbocycles. The van der Waals surface area contributed by atoms with Gasteiger partial charge in [0.1, 0.15) is 6.04 Å². The van der Waals surface area contributed by atoms with E-state index in [2.05, 4.69) is 4.90 Å². The minimum Gasteiger partial charge on any atom is -0.468 e. The maximum Gasteiger partial charge on any atom is 0.407 e. The fourth-order valence-corrected chi connectivity index (χ4v) is 3.09. The number of methoxy groups -OCH3 is 1. The second-order valence-electron chi connectivity index (χ2n) is 5.39. The van der Waals surface area contributed by atoms with E-state index >= 15 is 0 Å². The molecule has 1 unspecified atom stereocenters. The van der Waals surface area contributed by atoms with Gasteiger partial charge in [-0.15, -0.1) is 0 Å². The van der Waals surface area contributed by atoms with Gasteiger partial charge in [0.05, 0.1) is 7.11 Å². The topological polar surface area (TPSA) is 70.1 Å². The summed E-state index contributed by atoms with van der Waals surface area (Å²) in [5, 5.41) is 8.91. The lowest BCUT2D eigenvalue weighted by Crippen LogP contribution is -2.44. The van der Waals surface area contributed by atoms with E-state index in [-0.39, 0.29) is 12.0 Å². The molecule has 0 aromatic carbocycles. The van der Waals surface area contributed by atoms with Crippen LogP contribution in [0.1, 0.15) is 25.7 Å². The van der Waals surface area contributed by atoms with Gasteiger partial charge >= 0.3 is 12.1 Å². The Labute approximate surface area is 113 Å². The third-order valence-corrected chi connectivity index (χ3v) is 4.21. The number of nitrogens with zero attached hydrogens (tertiary/aromatic N) is 2. The van der Waals surface area contributed by atoms with Gasteiger partial charge in [-0.1, -0.05) is 0 Å². The third kappa shape index (κ3) is 3.37. The zero-order chi connectivity index (χ0) is 13.8. The number of amides is 1. The van der Waals surface area contributed by atoms with Crippen LogP contribution in [-0.2, 0) is 9.53 Å². The van der Waals surface area contributed by atoms with Crippen molar-refractivity contribution in [3.63, 3.8) is 0 Å². The molecule has 1 amide bonds. The fraction of sp³-hybridized carbons (Fsp3) is 0.846. The molecule has 6 nitrogen and oxygen atoms in total. The Morgan fingerprint density at radius 2 is 1.89 bits per heavy atom. The van der Waals surface area contributed by atoms with Gasteiger partial charge in [0.15, 0.2) is 0 Å². The predicted octanol–water partition coefficient (Wildman–Crippen LogP) is 1.01. The van der Waals surface area contributed by atoms with Crippen molar-refractivity contribution in [1.82, 2.24) is 9.80 Å². The Balaban J connectivity index is 1.82. The lowest BCUT2D eigenvalue weighted by atomic mass is 9.96. The van der Waals surface area contributed by atoms with Crippen molar-refractivity contribution in [2.45, 2.75) is 31.7 Å². The van der Waals surface area contributed by atoms with Gasteiger partial charge in [-0.2, -0.15) is 0 Å². The van der Waals surface area contributed by atoms with Crippen LogP contribution in [0.2, 0.25) is 0 Å². The number of hydrogen-bond donors (Lipinski definition) is 1. The first-order chi connectivity index (χ1) is 9.11. The monoisotopic (exact) mass is 270 g/mol. The van der Waals surface area contributed by atoms with E-state index < -0.39 is 6.09 Å². The number of rotatable bonds is 3. The third-order valence-electron chi connectivity index (χ3n) is 4.21. The average Bonchev–Trinajstić information content (AvgIpc) is 2.86. The Kier molecular flexibility index (Phi) is 4.63. The van der Waals surface area contributed by atoms with E-state index in [1.165, 1.54) is 12.0 Å². The average molecular weight is 270 g/mol. The van der Waals surface area contributed by atoms with Gasteiger partial charge < -0.3 is 14.7 Å². The highest BCUT2D eigenvalue weighted by atomic mass is 16.5. The zero-order valence-corrected chi connectivity index (χ0v) is 11.4. The minimum atomic E-state index is -0.827. The zero-order valence-electron chi connectivity index (χ0n) is 11.4. The summed E-state index contributed by atoms with van der Waals surface area (Å²) >= 11 is 0. The second-order valence-corrected chi connectivity index (χ2v) is 5.39. The number of piperidine rings is 1. The van der Waals surface area contributed by atoms with E-state index in [9.17, 15) is 9.59 Å². The van der Waals surface area contributed by atoms with Crippen LogP contribution in [0, 0.1) is 5.92 Å². The van der Waals surface area contributed by atoms with Crippen LogP contribution in [-0.4, -0.2) is 66.3 Å².